The van der Waals surface area contributed by atoms with Crippen LogP contribution in [0.3, 0.4) is 0 Å². The van der Waals surface area contributed by atoms with Crippen LogP contribution in [-0.4, -0.2) is 59.4 Å². The van der Waals surface area contributed by atoms with Crippen LogP contribution < -0.4 is 15.5 Å². The van der Waals surface area contributed by atoms with E-state index in [4.69, 9.17) is 17.0 Å². The van der Waals surface area contributed by atoms with E-state index in [1.807, 2.05) is 6.07 Å². The molecule has 1 heterocycles. The molecule has 3 rings (SSSR count). The number of nitrogens with zero attached hydrogens (tertiary/aromatic N) is 2. The van der Waals surface area contributed by atoms with Crippen molar-refractivity contribution in [1.29, 1.82) is 0 Å². The van der Waals surface area contributed by atoms with Crippen molar-refractivity contribution in [1.82, 2.24) is 10.2 Å². The van der Waals surface area contributed by atoms with Crippen molar-refractivity contribution >= 4 is 52.4 Å². The van der Waals surface area contributed by atoms with Crippen LogP contribution in [0.1, 0.15) is 30.6 Å². The monoisotopic (exact) mass is 482 g/mol. The average molecular weight is 483 g/mol. The van der Waals surface area contributed by atoms with Gasteiger partial charge in [-0.25, -0.2) is 4.79 Å². The molecule has 0 aliphatic carbocycles. The lowest BCUT2D eigenvalue weighted by molar-refractivity contribution is -0.124. The molecule has 1 aliphatic rings. The van der Waals surface area contributed by atoms with E-state index in [1.54, 1.807) is 60.4 Å². The SMILES string of the molecule is CCOC(=O)c1ccc(N2C(=O)[C@H](CC(=O)Nc3ccccc3)N(CCNC(C)=O)C2=S)cc1. The van der Waals surface area contributed by atoms with Crippen molar-refractivity contribution in [3.63, 3.8) is 0 Å². The number of amides is 3. The van der Waals surface area contributed by atoms with E-state index in [2.05, 4.69) is 10.6 Å². The van der Waals surface area contributed by atoms with Gasteiger partial charge in [-0.1, -0.05) is 18.2 Å². The Morgan fingerprint density at radius 2 is 1.74 bits per heavy atom. The van der Waals surface area contributed by atoms with Crippen molar-refractivity contribution in [2.45, 2.75) is 26.3 Å². The number of carbonyl (C=O) groups is 4. The molecular weight excluding hydrogens is 456 g/mol. The summed E-state index contributed by atoms with van der Waals surface area (Å²) in [5, 5.41) is 5.69. The first-order chi connectivity index (χ1) is 16.3. The lowest BCUT2D eigenvalue weighted by Crippen LogP contribution is -2.42. The number of hydrogen-bond donors (Lipinski definition) is 2. The third-order valence-electron chi connectivity index (χ3n) is 5.12. The molecule has 0 aromatic heterocycles. The molecule has 2 aromatic rings. The molecule has 9 nitrogen and oxygen atoms in total. The summed E-state index contributed by atoms with van der Waals surface area (Å²) in [7, 11) is 0. The molecule has 2 N–H and O–H groups in total. The smallest absolute Gasteiger partial charge is 0.338 e. The maximum absolute atomic E-state index is 13.4. The zero-order chi connectivity index (χ0) is 24.7. The maximum atomic E-state index is 13.4. The van der Waals surface area contributed by atoms with Crippen LogP contribution in [0.2, 0.25) is 0 Å². The maximum Gasteiger partial charge on any atom is 0.338 e. The molecule has 3 amide bonds. The highest BCUT2D eigenvalue weighted by Crippen LogP contribution is 2.27. The van der Waals surface area contributed by atoms with Crippen LogP contribution in [0.25, 0.3) is 0 Å². The summed E-state index contributed by atoms with van der Waals surface area (Å²) in [5.41, 5.74) is 1.44. The van der Waals surface area contributed by atoms with Gasteiger partial charge >= 0.3 is 5.97 Å². The Morgan fingerprint density at radius 1 is 1.06 bits per heavy atom. The molecule has 34 heavy (non-hydrogen) atoms. The largest absolute Gasteiger partial charge is 0.462 e. The van der Waals surface area contributed by atoms with Crippen LogP contribution in [0, 0.1) is 0 Å². The minimum Gasteiger partial charge on any atom is -0.462 e. The summed E-state index contributed by atoms with van der Waals surface area (Å²) in [4.78, 5) is 52.3. The second-order valence-electron chi connectivity index (χ2n) is 7.53. The molecule has 1 saturated heterocycles. The summed E-state index contributed by atoms with van der Waals surface area (Å²) in [6.07, 6.45) is -0.120. The van der Waals surface area contributed by atoms with E-state index >= 15 is 0 Å². The minimum absolute atomic E-state index is 0.120. The Balaban J connectivity index is 1.80. The van der Waals surface area contributed by atoms with Crippen LogP contribution >= 0.6 is 12.2 Å². The number of anilines is 2. The Morgan fingerprint density at radius 3 is 2.35 bits per heavy atom. The van der Waals surface area contributed by atoms with Gasteiger partial charge < -0.3 is 20.3 Å². The van der Waals surface area contributed by atoms with Crippen molar-refractivity contribution in [2.75, 3.05) is 29.9 Å². The molecule has 10 heteroatoms. The number of carbonyl (C=O) groups excluding carboxylic acids is 4. The highest BCUT2D eigenvalue weighted by Gasteiger charge is 2.43. The Kier molecular flexibility index (Phi) is 8.31. The molecule has 1 atom stereocenters. The molecule has 1 aliphatic heterocycles. The molecule has 0 radical (unpaired) electrons. The van der Waals surface area contributed by atoms with E-state index in [0.717, 1.165) is 0 Å². The van der Waals surface area contributed by atoms with Gasteiger partial charge in [0.15, 0.2) is 5.11 Å². The molecular formula is C24H26N4O5S. The normalized spacial score (nSPS) is 15.3. The van der Waals surface area contributed by atoms with Crippen molar-refractivity contribution in [2.24, 2.45) is 0 Å². The summed E-state index contributed by atoms with van der Waals surface area (Å²) < 4.78 is 4.99. The van der Waals surface area contributed by atoms with E-state index in [9.17, 15) is 19.2 Å². The molecule has 2 aromatic carbocycles. The Bertz CT molecular complexity index is 1070. The molecule has 1 fully saturated rings. The fraction of sp³-hybridized carbons (Fsp3) is 0.292. The van der Waals surface area contributed by atoms with Crippen LogP contribution in [0.15, 0.2) is 54.6 Å². The quantitative estimate of drug-likeness (QED) is 0.417. The van der Waals surface area contributed by atoms with E-state index in [1.165, 1.54) is 11.8 Å². The van der Waals surface area contributed by atoms with E-state index in [-0.39, 0.29) is 49.0 Å². The van der Waals surface area contributed by atoms with Gasteiger partial charge in [0.2, 0.25) is 11.8 Å². The van der Waals surface area contributed by atoms with Crippen LogP contribution in [-0.2, 0) is 19.1 Å². The van der Waals surface area contributed by atoms with Crippen LogP contribution in [0.4, 0.5) is 11.4 Å². The lowest BCUT2D eigenvalue weighted by Gasteiger charge is -2.24. The Labute approximate surface area is 203 Å². The number of esters is 1. The zero-order valence-electron chi connectivity index (χ0n) is 18.9. The fourth-order valence-electron chi connectivity index (χ4n) is 3.55. The van der Waals surface area contributed by atoms with Crippen molar-refractivity contribution in [3.05, 3.63) is 60.2 Å². The first-order valence-corrected chi connectivity index (χ1v) is 11.2. The van der Waals surface area contributed by atoms with E-state index in [0.29, 0.717) is 16.9 Å². The molecule has 178 valence electrons. The van der Waals surface area contributed by atoms with Crippen LogP contribution in [0.5, 0.6) is 0 Å². The number of rotatable bonds is 9. The van der Waals surface area contributed by atoms with Gasteiger partial charge in [-0.05, 0) is 55.5 Å². The second-order valence-corrected chi connectivity index (χ2v) is 7.90. The topological polar surface area (TPSA) is 108 Å². The van der Waals surface area contributed by atoms with Gasteiger partial charge in [0, 0.05) is 25.7 Å². The third-order valence-corrected chi connectivity index (χ3v) is 5.54. The minimum atomic E-state index is -0.838. The number of para-hydroxylation sites is 1. The molecule has 0 spiro atoms. The number of ether oxygens (including phenoxy) is 1. The highest BCUT2D eigenvalue weighted by atomic mass is 32.1. The lowest BCUT2D eigenvalue weighted by atomic mass is 10.1. The van der Waals surface area contributed by atoms with Gasteiger partial charge in [-0.15, -0.1) is 0 Å². The molecule has 0 bridgehead atoms. The predicted molar refractivity (Wildman–Crippen MR) is 131 cm³/mol. The summed E-state index contributed by atoms with van der Waals surface area (Å²) >= 11 is 5.58. The fourth-order valence-corrected chi connectivity index (χ4v) is 3.96. The molecule has 0 saturated carbocycles. The molecule has 0 unspecified atom stereocenters. The van der Waals surface area contributed by atoms with Gasteiger partial charge in [0.1, 0.15) is 6.04 Å². The second kappa shape index (κ2) is 11.4. The highest BCUT2D eigenvalue weighted by molar-refractivity contribution is 7.80. The van der Waals surface area contributed by atoms with E-state index < -0.39 is 12.0 Å². The summed E-state index contributed by atoms with van der Waals surface area (Å²) in [6.45, 7) is 3.89. The zero-order valence-corrected chi connectivity index (χ0v) is 19.8. The first kappa shape index (κ1) is 24.8. The number of benzene rings is 2. The summed E-state index contributed by atoms with van der Waals surface area (Å²) in [6, 6.07) is 14.4. The van der Waals surface area contributed by atoms with Gasteiger partial charge in [0.05, 0.1) is 24.3 Å². The van der Waals surface area contributed by atoms with Crippen molar-refractivity contribution in [3.8, 4) is 0 Å². The standard InChI is InChI=1S/C24H26N4O5S/c1-3-33-23(32)17-9-11-19(12-10-17)28-22(31)20(27(24(28)34)14-13-25-16(2)29)15-21(30)26-18-7-5-4-6-8-18/h4-12,20H,3,13-15H2,1-2H3,(H,25,29)(H,26,30)/t20-/m0/s1. The van der Waals surface area contributed by atoms with Crippen molar-refractivity contribution < 1.29 is 23.9 Å². The number of hydrogen-bond acceptors (Lipinski definition) is 6. The van der Waals surface area contributed by atoms with Gasteiger partial charge in [-0.3, -0.25) is 19.3 Å². The number of nitrogens with one attached hydrogen (secondary N) is 2. The number of thiocarbonyl (C=S) groups is 1. The predicted octanol–water partition coefficient (Wildman–Crippen LogP) is 2.33. The first-order valence-electron chi connectivity index (χ1n) is 10.8. The Hall–Kier alpha value is -3.79. The average Bonchev–Trinajstić information content (AvgIpc) is 3.03. The third kappa shape index (κ3) is 5.96. The van der Waals surface area contributed by atoms with Gasteiger partial charge in [-0.2, -0.15) is 0 Å². The van der Waals surface area contributed by atoms with Gasteiger partial charge in [0.25, 0.3) is 5.91 Å². The summed E-state index contributed by atoms with van der Waals surface area (Å²) in [5.74, 6) is -1.37.